The maximum Gasteiger partial charge on any atom is 0.306 e. The molecule has 6 N–H and O–H groups in total. The van der Waals surface area contributed by atoms with Crippen LogP contribution in [0, 0.1) is 24.7 Å². The van der Waals surface area contributed by atoms with Crippen LogP contribution in [0.15, 0.2) is 97.2 Å². The molecule has 1 saturated heterocycles. The molecule has 10 nitrogen and oxygen atoms in total. The number of hydrogen-bond acceptors (Lipinski definition) is 8. The number of nitrogens with one attached hydrogen (secondary N) is 2. The fourth-order valence-electron chi connectivity index (χ4n) is 8.13. The van der Waals surface area contributed by atoms with Gasteiger partial charge in [-0.15, -0.1) is 0 Å². The molecular weight excluding hydrogens is 693 g/mol. The van der Waals surface area contributed by atoms with Gasteiger partial charge in [-0.3, -0.25) is 14.8 Å². The number of anilines is 1. The van der Waals surface area contributed by atoms with E-state index in [1.807, 2.05) is 61.7 Å². The summed E-state index contributed by atoms with van der Waals surface area (Å²) in [6.45, 7) is 5.15. The largest absolute Gasteiger partial charge is 0.493 e. The monoisotopic (exact) mass is 750 g/mol. The van der Waals surface area contributed by atoms with Crippen molar-refractivity contribution in [3.05, 3.63) is 114 Å². The molecule has 4 aromatic rings. The number of carboxylic acid groups (broad SMARTS) is 1. The average molecular weight is 751 g/mol. The minimum atomic E-state index is -0.828. The van der Waals surface area contributed by atoms with Crippen LogP contribution in [0.1, 0.15) is 68.1 Å². The first-order chi connectivity index (χ1) is 26.7. The van der Waals surface area contributed by atoms with Gasteiger partial charge in [0.15, 0.2) is 0 Å². The summed E-state index contributed by atoms with van der Waals surface area (Å²) in [5, 5.41) is 53.7. The lowest BCUT2D eigenvalue weighted by Gasteiger charge is -2.33. The van der Waals surface area contributed by atoms with E-state index in [2.05, 4.69) is 56.8 Å². The highest BCUT2D eigenvalue weighted by Gasteiger charge is 2.39. The SMILES string of the molecule is Cc1ccc(CN2CCC[C@@H](Nc3ccc4[nH]ncc4c3)C2)cc1OCCC(CC/C=C\C[C@@H]1[C@@H](/C=C/[C@@H](O)CCc2ccccc2)[C@H](O)C[C@@H]1O)C(=O)O. The van der Waals surface area contributed by atoms with Crippen LogP contribution in [0.4, 0.5) is 5.69 Å². The molecule has 1 unspecified atom stereocenters. The van der Waals surface area contributed by atoms with Crippen LogP contribution >= 0.6 is 0 Å². The van der Waals surface area contributed by atoms with Gasteiger partial charge in [0.25, 0.3) is 0 Å². The molecule has 3 aromatic carbocycles. The van der Waals surface area contributed by atoms with Crippen molar-refractivity contribution in [3.63, 3.8) is 0 Å². The normalized spacial score (nSPS) is 23.1. The fraction of sp³-hybridized carbons (Fsp3) is 0.467. The van der Waals surface area contributed by atoms with Crippen LogP contribution in [0.3, 0.4) is 0 Å². The molecule has 10 heteroatoms. The van der Waals surface area contributed by atoms with Crippen molar-refractivity contribution in [3.8, 4) is 5.75 Å². The molecule has 1 aliphatic heterocycles. The highest BCUT2D eigenvalue weighted by molar-refractivity contribution is 5.81. The quantitative estimate of drug-likeness (QED) is 0.0554. The summed E-state index contributed by atoms with van der Waals surface area (Å²) in [4.78, 5) is 14.6. The summed E-state index contributed by atoms with van der Waals surface area (Å²) in [5.41, 5.74) is 5.51. The lowest BCUT2D eigenvalue weighted by molar-refractivity contribution is -0.142. The number of fused-ring (bicyclic) bond motifs is 1. The molecular formula is C45H58N4O6. The number of piperidine rings is 1. The molecule has 6 rings (SSSR count). The number of aliphatic hydroxyl groups excluding tert-OH is 3. The Labute approximate surface area is 324 Å². The number of aromatic nitrogens is 2. The Morgan fingerprint density at radius 3 is 2.73 bits per heavy atom. The number of ether oxygens (including phenoxy) is 1. The van der Waals surface area contributed by atoms with E-state index >= 15 is 0 Å². The summed E-state index contributed by atoms with van der Waals surface area (Å²) in [7, 11) is 0. The summed E-state index contributed by atoms with van der Waals surface area (Å²) in [6.07, 6.45) is 13.5. The lowest BCUT2D eigenvalue weighted by Crippen LogP contribution is -2.41. The molecule has 2 fully saturated rings. The molecule has 55 heavy (non-hydrogen) atoms. The standard InChI is InChI=1S/C45H58N4O6/c1-31-14-15-33(29-49-23-8-12-37(30-49)47-36-17-21-41-35(26-36)28-46-48-41)25-44(31)55-24-22-34(45(53)54)11-6-3-7-13-39-40(43(52)27-42(39)51)20-19-38(50)18-16-32-9-4-2-5-10-32/h2-5,7,9-10,14-15,17,19-21,25-26,28,34,37-40,42-43,47,50-52H,6,8,11-13,16,18,22-24,27,29-30H2,1H3,(H,46,48)(H,53,54)/b7-3-,20-19+/t34?,37-,38+,39-,40-,42+,43-/m1/s1. The number of nitrogens with zero attached hydrogens (tertiary/aromatic N) is 2. The minimum absolute atomic E-state index is 0.164. The van der Waals surface area contributed by atoms with Gasteiger partial charge < -0.3 is 30.5 Å². The maximum atomic E-state index is 12.1. The van der Waals surface area contributed by atoms with Crippen LogP contribution < -0.4 is 10.1 Å². The van der Waals surface area contributed by atoms with Crippen LogP contribution in [-0.4, -0.2) is 85.5 Å². The average Bonchev–Trinajstić information content (AvgIpc) is 3.75. The van der Waals surface area contributed by atoms with Gasteiger partial charge in [-0.05, 0) is 112 Å². The highest BCUT2D eigenvalue weighted by Crippen LogP contribution is 2.36. The summed E-state index contributed by atoms with van der Waals surface area (Å²) in [5.74, 6) is -0.979. The zero-order valence-electron chi connectivity index (χ0n) is 32.0. The van der Waals surface area contributed by atoms with E-state index in [1.54, 1.807) is 6.08 Å². The molecule has 1 aromatic heterocycles. The molecule has 0 spiro atoms. The number of carboxylic acids is 1. The molecule has 0 bridgehead atoms. The van der Waals surface area contributed by atoms with E-state index in [0.29, 0.717) is 51.2 Å². The number of aromatic amines is 1. The third-order valence-electron chi connectivity index (χ3n) is 11.3. The van der Waals surface area contributed by atoms with E-state index in [9.17, 15) is 25.2 Å². The second-order valence-electron chi connectivity index (χ2n) is 15.5. The first kappa shape index (κ1) is 40.2. The number of hydrogen-bond donors (Lipinski definition) is 6. The molecule has 2 heterocycles. The number of rotatable bonds is 19. The topological polar surface area (TPSA) is 151 Å². The number of carbonyl (C=O) groups is 1. The summed E-state index contributed by atoms with van der Waals surface area (Å²) in [6, 6.07) is 23.0. The van der Waals surface area contributed by atoms with Crippen molar-refractivity contribution in [2.75, 3.05) is 25.0 Å². The van der Waals surface area contributed by atoms with Gasteiger partial charge in [-0.1, -0.05) is 66.8 Å². The lowest BCUT2D eigenvalue weighted by atomic mass is 9.89. The number of likely N-dealkylation sites (tertiary alicyclic amines) is 1. The van der Waals surface area contributed by atoms with E-state index in [4.69, 9.17) is 4.74 Å². The van der Waals surface area contributed by atoms with Crippen LogP contribution in [0.2, 0.25) is 0 Å². The zero-order valence-corrected chi connectivity index (χ0v) is 32.0. The predicted octanol–water partition coefficient (Wildman–Crippen LogP) is 7.05. The maximum absolute atomic E-state index is 12.1. The molecule has 294 valence electrons. The number of aryl methyl sites for hydroxylation is 2. The van der Waals surface area contributed by atoms with E-state index < -0.39 is 30.2 Å². The van der Waals surface area contributed by atoms with E-state index in [1.165, 1.54) is 11.1 Å². The van der Waals surface area contributed by atoms with Gasteiger partial charge in [0, 0.05) is 42.5 Å². The molecule has 7 atom stereocenters. The molecule has 0 radical (unpaired) electrons. The Hall–Kier alpha value is -4.48. The molecule has 1 saturated carbocycles. The van der Waals surface area contributed by atoms with Crippen LogP contribution in [0.25, 0.3) is 10.9 Å². The van der Waals surface area contributed by atoms with Gasteiger partial charge >= 0.3 is 5.97 Å². The third-order valence-corrected chi connectivity index (χ3v) is 11.3. The number of allylic oxidation sites excluding steroid dienone is 2. The van der Waals surface area contributed by atoms with Crippen LogP contribution in [0.5, 0.6) is 5.75 Å². The van der Waals surface area contributed by atoms with Crippen molar-refractivity contribution >= 4 is 22.6 Å². The predicted molar refractivity (Wildman–Crippen MR) is 217 cm³/mol. The number of aliphatic carboxylic acids is 1. The second-order valence-corrected chi connectivity index (χ2v) is 15.5. The Morgan fingerprint density at radius 2 is 1.89 bits per heavy atom. The van der Waals surface area contributed by atoms with Gasteiger partial charge in [0.1, 0.15) is 5.75 Å². The van der Waals surface area contributed by atoms with Crippen molar-refractivity contribution in [1.82, 2.24) is 15.1 Å². The van der Waals surface area contributed by atoms with Crippen molar-refractivity contribution in [2.24, 2.45) is 17.8 Å². The van der Waals surface area contributed by atoms with Gasteiger partial charge in [-0.2, -0.15) is 5.10 Å². The van der Waals surface area contributed by atoms with Gasteiger partial charge in [0.05, 0.1) is 42.6 Å². The third kappa shape index (κ3) is 11.8. The number of benzene rings is 3. The number of H-pyrrole nitrogens is 1. The van der Waals surface area contributed by atoms with Crippen molar-refractivity contribution in [2.45, 2.75) is 95.6 Å². The number of aliphatic hydroxyl groups is 3. The van der Waals surface area contributed by atoms with Gasteiger partial charge in [-0.25, -0.2) is 0 Å². The van der Waals surface area contributed by atoms with Crippen molar-refractivity contribution in [1.29, 1.82) is 0 Å². The van der Waals surface area contributed by atoms with Crippen molar-refractivity contribution < 1.29 is 30.0 Å². The Balaban J connectivity index is 0.925. The Morgan fingerprint density at radius 1 is 1.04 bits per heavy atom. The van der Waals surface area contributed by atoms with Crippen LogP contribution in [-0.2, 0) is 17.8 Å². The highest BCUT2D eigenvalue weighted by atomic mass is 16.5. The van der Waals surface area contributed by atoms with E-state index in [0.717, 1.165) is 66.8 Å². The van der Waals surface area contributed by atoms with Gasteiger partial charge in [0.2, 0.25) is 0 Å². The smallest absolute Gasteiger partial charge is 0.306 e. The Kier molecular flexibility index (Phi) is 14.5. The molecule has 2 aliphatic rings. The molecule has 0 amide bonds. The fourth-order valence-corrected chi connectivity index (χ4v) is 8.13. The second kappa shape index (κ2) is 19.9. The minimum Gasteiger partial charge on any atom is -0.493 e. The first-order valence-corrected chi connectivity index (χ1v) is 20.0. The Bertz CT molecular complexity index is 1860. The molecule has 1 aliphatic carbocycles. The zero-order chi connectivity index (χ0) is 38.6. The summed E-state index contributed by atoms with van der Waals surface area (Å²) < 4.78 is 6.19. The van der Waals surface area contributed by atoms with E-state index in [-0.39, 0.29) is 11.8 Å². The first-order valence-electron chi connectivity index (χ1n) is 20.0. The summed E-state index contributed by atoms with van der Waals surface area (Å²) >= 11 is 0.